The molecule has 1 aliphatic heterocycles. The number of benzene rings is 2. The maximum Gasteiger partial charge on any atom is 0.338 e. The second kappa shape index (κ2) is 8.12. The number of aryl methyl sites for hydroxylation is 2. The first-order chi connectivity index (χ1) is 12.9. The SMILES string of the molecule is Cc1ccc(CN(C)C(=O)COC(=O)c2ccc3c(c2)OCCO3)c(C)c1. The molecule has 1 heterocycles. The van der Waals surface area contributed by atoms with E-state index in [0.29, 0.717) is 36.8 Å². The molecule has 6 nitrogen and oxygen atoms in total. The molecule has 0 bridgehead atoms. The Bertz CT molecular complexity index is 862. The van der Waals surface area contributed by atoms with E-state index in [4.69, 9.17) is 14.2 Å². The fraction of sp³-hybridized carbons (Fsp3) is 0.333. The van der Waals surface area contributed by atoms with Crippen LogP contribution in [0.15, 0.2) is 36.4 Å². The van der Waals surface area contributed by atoms with Crippen LogP contribution in [0.3, 0.4) is 0 Å². The zero-order valence-corrected chi connectivity index (χ0v) is 15.8. The molecule has 2 aromatic carbocycles. The summed E-state index contributed by atoms with van der Waals surface area (Å²) in [6.45, 7) is 5.12. The zero-order chi connectivity index (χ0) is 19.4. The average Bonchev–Trinajstić information content (AvgIpc) is 2.67. The molecular weight excluding hydrogens is 346 g/mol. The highest BCUT2D eigenvalue weighted by Gasteiger charge is 2.18. The summed E-state index contributed by atoms with van der Waals surface area (Å²) in [6, 6.07) is 10.9. The largest absolute Gasteiger partial charge is 0.486 e. The fourth-order valence-electron chi connectivity index (χ4n) is 2.86. The van der Waals surface area contributed by atoms with Gasteiger partial charge in [0.25, 0.3) is 5.91 Å². The number of fused-ring (bicyclic) bond motifs is 1. The molecule has 0 aliphatic carbocycles. The third-order valence-electron chi connectivity index (χ3n) is 4.44. The summed E-state index contributed by atoms with van der Waals surface area (Å²) in [7, 11) is 1.69. The van der Waals surface area contributed by atoms with Gasteiger partial charge in [0.05, 0.1) is 5.56 Å². The van der Waals surface area contributed by atoms with Crippen LogP contribution in [0.4, 0.5) is 0 Å². The molecule has 0 radical (unpaired) electrons. The Kier molecular flexibility index (Phi) is 5.64. The van der Waals surface area contributed by atoms with Crippen molar-refractivity contribution >= 4 is 11.9 Å². The second-order valence-electron chi connectivity index (χ2n) is 6.61. The number of carbonyl (C=O) groups is 2. The van der Waals surface area contributed by atoms with Crippen molar-refractivity contribution < 1.29 is 23.8 Å². The topological polar surface area (TPSA) is 65.1 Å². The number of carbonyl (C=O) groups excluding carboxylic acids is 2. The zero-order valence-electron chi connectivity index (χ0n) is 15.8. The number of likely N-dealkylation sites (N-methyl/N-ethyl adjacent to an activating group) is 1. The lowest BCUT2D eigenvalue weighted by atomic mass is 10.1. The molecule has 1 amide bonds. The van der Waals surface area contributed by atoms with E-state index in [1.54, 1.807) is 30.1 Å². The van der Waals surface area contributed by atoms with Gasteiger partial charge in [-0.15, -0.1) is 0 Å². The van der Waals surface area contributed by atoms with Crippen molar-refractivity contribution in [1.29, 1.82) is 0 Å². The van der Waals surface area contributed by atoms with Gasteiger partial charge in [-0.3, -0.25) is 4.79 Å². The summed E-state index contributed by atoms with van der Waals surface area (Å²) < 4.78 is 16.0. The maximum atomic E-state index is 12.3. The minimum absolute atomic E-state index is 0.263. The van der Waals surface area contributed by atoms with Crippen LogP contribution in [0.5, 0.6) is 11.5 Å². The first kappa shape index (κ1) is 18.8. The molecule has 27 heavy (non-hydrogen) atoms. The number of hydrogen-bond acceptors (Lipinski definition) is 5. The van der Waals surface area contributed by atoms with Crippen LogP contribution in [0.1, 0.15) is 27.0 Å². The molecule has 1 aliphatic rings. The van der Waals surface area contributed by atoms with Crippen molar-refractivity contribution in [2.24, 2.45) is 0 Å². The van der Waals surface area contributed by atoms with Crippen molar-refractivity contribution in [3.8, 4) is 11.5 Å². The van der Waals surface area contributed by atoms with Gasteiger partial charge in [-0.25, -0.2) is 4.79 Å². The fourth-order valence-corrected chi connectivity index (χ4v) is 2.86. The van der Waals surface area contributed by atoms with E-state index in [0.717, 1.165) is 11.1 Å². The van der Waals surface area contributed by atoms with Gasteiger partial charge in [-0.1, -0.05) is 23.8 Å². The van der Waals surface area contributed by atoms with E-state index in [-0.39, 0.29) is 12.5 Å². The monoisotopic (exact) mass is 369 g/mol. The van der Waals surface area contributed by atoms with Gasteiger partial charge < -0.3 is 19.1 Å². The molecule has 3 rings (SSSR count). The van der Waals surface area contributed by atoms with E-state index in [9.17, 15) is 9.59 Å². The molecule has 0 saturated heterocycles. The van der Waals surface area contributed by atoms with E-state index in [1.165, 1.54) is 5.56 Å². The minimum Gasteiger partial charge on any atom is -0.486 e. The summed E-state index contributed by atoms with van der Waals surface area (Å²) >= 11 is 0. The lowest BCUT2D eigenvalue weighted by molar-refractivity contribution is -0.133. The van der Waals surface area contributed by atoms with Crippen LogP contribution in [0.25, 0.3) is 0 Å². The molecule has 0 fully saturated rings. The first-order valence-electron chi connectivity index (χ1n) is 8.81. The highest BCUT2D eigenvalue weighted by molar-refractivity contribution is 5.92. The molecule has 0 unspecified atom stereocenters. The Hall–Kier alpha value is -3.02. The van der Waals surface area contributed by atoms with Gasteiger partial charge in [0, 0.05) is 13.6 Å². The lowest BCUT2D eigenvalue weighted by Crippen LogP contribution is -2.31. The third-order valence-corrected chi connectivity index (χ3v) is 4.44. The van der Waals surface area contributed by atoms with E-state index >= 15 is 0 Å². The minimum atomic E-state index is -0.569. The molecule has 2 aromatic rings. The number of nitrogens with zero attached hydrogens (tertiary/aromatic N) is 1. The quantitative estimate of drug-likeness (QED) is 0.759. The van der Waals surface area contributed by atoms with Crippen molar-refractivity contribution in [1.82, 2.24) is 4.90 Å². The Morgan fingerprint density at radius 1 is 1.04 bits per heavy atom. The van der Waals surface area contributed by atoms with Crippen LogP contribution in [0.2, 0.25) is 0 Å². The Morgan fingerprint density at radius 2 is 1.78 bits per heavy atom. The number of rotatable bonds is 5. The highest BCUT2D eigenvalue weighted by atomic mass is 16.6. The van der Waals surface area contributed by atoms with Gasteiger partial charge in [-0.05, 0) is 43.2 Å². The van der Waals surface area contributed by atoms with Gasteiger partial charge in [0.2, 0.25) is 0 Å². The van der Waals surface area contributed by atoms with Crippen molar-refractivity contribution in [2.75, 3.05) is 26.9 Å². The number of esters is 1. The molecule has 6 heteroatoms. The van der Waals surface area contributed by atoms with Crippen LogP contribution in [0, 0.1) is 13.8 Å². The number of hydrogen-bond donors (Lipinski definition) is 0. The number of amides is 1. The predicted molar refractivity (Wildman–Crippen MR) is 100 cm³/mol. The Morgan fingerprint density at radius 3 is 2.52 bits per heavy atom. The smallest absolute Gasteiger partial charge is 0.338 e. The van der Waals surface area contributed by atoms with Crippen LogP contribution in [-0.4, -0.2) is 43.6 Å². The van der Waals surface area contributed by atoms with E-state index in [1.807, 2.05) is 26.0 Å². The molecule has 0 spiro atoms. The summed E-state index contributed by atoms with van der Waals surface area (Å²) in [5, 5.41) is 0. The van der Waals surface area contributed by atoms with E-state index in [2.05, 4.69) is 6.07 Å². The van der Waals surface area contributed by atoms with Crippen LogP contribution >= 0.6 is 0 Å². The second-order valence-corrected chi connectivity index (χ2v) is 6.61. The molecular formula is C21H23NO5. The predicted octanol–water partition coefficient (Wildman–Crippen LogP) is 2.89. The molecule has 0 aromatic heterocycles. The summed E-state index contributed by atoms with van der Waals surface area (Å²) in [6.07, 6.45) is 0. The maximum absolute atomic E-state index is 12.3. The Balaban J connectivity index is 1.55. The average molecular weight is 369 g/mol. The number of ether oxygens (including phenoxy) is 3. The first-order valence-corrected chi connectivity index (χ1v) is 8.81. The molecule has 0 atom stereocenters. The summed E-state index contributed by atoms with van der Waals surface area (Å²) in [4.78, 5) is 26.1. The molecule has 0 saturated carbocycles. The van der Waals surface area contributed by atoms with Gasteiger partial charge in [0.15, 0.2) is 18.1 Å². The van der Waals surface area contributed by atoms with Crippen molar-refractivity contribution in [3.05, 3.63) is 58.7 Å². The molecule has 142 valence electrons. The van der Waals surface area contributed by atoms with Crippen LogP contribution < -0.4 is 9.47 Å². The van der Waals surface area contributed by atoms with Gasteiger partial charge >= 0.3 is 5.97 Å². The summed E-state index contributed by atoms with van der Waals surface area (Å²) in [5.74, 6) is 0.275. The highest BCUT2D eigenvalue weighted by Crippen LogP contribution is 2.30. The normalized spacial score (nSPS) is 12.4. The van der Waals surface area contributed by atoms with Gasteiger partial charge in [-0.2, -0.15) is 0 Å². The van der Waals surface area contributed by atoms with Crippen molar-refractivity contribution in [2.45, 2.75) is 20.4 Å². The summed E-state index contributed by atoms with van der Waals surface area (Å²) in [5.41, 5.74) is 3.69. The molecule has 0 N–H and O–H groups in total. The van der Waals surface area contributed by atoms with Gasteiger partial charge in [0.1, 0.15) is 13.2 Å². The standard InChI is InChI=1S/C21H23NO5/c1-14-4-5-17(15(2)10-14)12-22(3)20(23)13-27-21(24)16-6-7-18-19(11-16)26-9-8-25-18/h4-7,10-11H,8-9,12-13H2,1-3H3. The lowest BCUT2D eigenvalue weighted by Gasteiger charge is -2.19. The van der Waals surface area contributed by atoms with Crippen molar-refractivity contribution in [3.63, 3.8) is 0 Å². The van der Waals surface area contributed by atoms with Crippen LogP contribution in [-0.2, 0) is 16.1 Å². The third kappa shape index (κ3) is 4.58. The Labute approximate surface area is 158 Å². The van der Waals surface area contributed by atoms with E-state index < -0.39 is 5.97 Å².